The van der Waals surface area contributed by atoms with E-state index in [1.807, 2.05) is 13.2 Å². The maximum atomic E-state index is 4.08. The fourth-order valence-electron chi connectivity index (χ4n) is 1.37. The molecule has 0 bridgehead atoms. The monoisotopic (exact) mass is 263 g/mol. The molecule has 3 nitrogen and oxygen atoms in total. The van der Waals surface area contributed by atoms with Gasteiger partial charge in [0, 0.05) is 22.3 Å². The van der Waals surface area contributed by atoms with Crippen LogP contribution in [0.3, 0.4) is 0 Å². The molecule has 2 aromatic rings. The summed E-state index contributed by atoms with van der Waals surface area (Å²) in [6, 6.07) is 0. The van der Waals surface area contributed by atoms with Crippen molar-refractivity contribution in [3.8, 4) is 11.8 Å². The minimum atomic E-state index is 0.690. The van der Waals surface area contributed by atoms with Crippen LogP contribution in [0.2, 0.25) is 0 Å². The topological polar surface area (TPSA) is 40.7 Å². The Balaban J connectivity index is 2.50. The molecule has 0 fully saturated rings. The second kappa shape index (κ2) is 4.47. The van der Waals surface area contributed by atoms with E-state index in [4.69, 9.17) is 0 Å². The van der Waals surface area contributed by atoms with Crippen molar-refractivity contribution in [1.82, 2.24) is 15.3 Å². The van der Waals surface area contributed by atoms with Crippen molar-refractivity contribution in [2.45, 2.75) is 0 Å². The van der Waals surface area contributed by atoms with Gasteiger partial charge < -0.3 is 10.3 Å². The first-order chi connectivity index (χ1) is 7.33. The molecule has 2 rings (SSSR count). The summed E-state index contributed by atoms with van der Waals surface area (Å²) in [5.41, 5.74) is 1.99. The molecule has 0 aliphatic heterocycles. The molecule has 2 N–H and O–H groups in total. The number of H-pyrrole nitrogens is 1. The van der Waals surface area contributed by atoms with Crippen molar-refractivity contribution in [2.24, 2.45) is 0 Å². The summed E-state index contributed by atoms with van der Waals surface area (Å²) in [6.07, 6.45) is 5.47. The molecular formula is C11H10BrN3. The van der Waals surface area contributed by atoms with Gasteiger partial charge in [-0.05, 0) is 23.0 Å². The van der Waals surface area contributed by atoms with Crippen LogP contribution in [0.25, 0.3) is 10.9 Å². The molecule has 0 amide bonds. The Kier molecular flexibility index (Phi) is 3.05. The number of aromatic amines is 1. The number of nitrogens with one attached hydrogen (secondary N) is 2. The Morgan fingerprint density at radius 3 is 3.20 bits per heavy atom. The number of pyridine rings is 1. The van der Waals surface area contributed by atoms with Crippen molar-refractivity contribution in [1.29, 1.82) is 0 Å². The van der Waals surface area contributed by atoms with Crippen LogP contribution >= 0.6 is 15.9 Å². The number of hydrogen-bond acceptors (Lipinski definition) is 2. The van der Waals surface area contributed by atoms with Crippen LogP contribution in [0.4, 0.5) is 0 Å². The van der Waals surface area contributed by atoms with Crippen LogP contribution in [-0.4, -0.2) is 23.6 Å². The highest BCUT2D eigenvalue weighted by atomic mass is 79.9. The van der Waals surface area contributed by atoms with E-state index in [0.717, 1.165) is 20.9 Å². The predicted octanol–water partition coefficient (Wildman–Crippen LogP) is 1.90. The molecule has 0 saturated carbocycles. The summed E-state index contributed by atoms with van der Waals surface area (Å²) in [7, 11) is 1.88. The highest BCUT2D eigenvalue weighted by molar-refractivity contribution is 9.10. The van der Waals surface area contributed by atoms with Crippen LogP contribution in [-0.2, 0) is 0 Å². The van der Waals surface area contributed by atoms with E-state index in [-0.39, 0.29) is 0 Å². The van der Waals surface area contributed by atoms with E-state index >= 15 is 0 Å². The number of nitrogens with zero attached hydrogens (tertiary/aromatic N) is 1. The number of rotatable bonds is 1. The zero-order valence-corrected chi connectivity index (χ0v) is 9.85. The molecule has 0 radical (unpaired) electrons. The van der Waals surface area contributed by atoms with Gasteiger partial charge in [-0.2, -0.15) is 0 Å². The average molecular weight is 264 g/mol. The van der Waals surface area contributed by atoms with Gasteiger partial charge in [0.25, 0.3) is 0 Å². The summed E-state index contributed by atoms with van der Waals surface area (Å²) < 4.78 is 0.968. The van der Waals surface area contributed by atoms with Gasteiger partial charge in [0.15, 0.2) is 0 Å². The van der Waals surface area contributed by atoms with E-state index < -0.39 is 0 Å². The standard InChI is InChI=1S/C11H10BrN3/c1-13-4-2-3-8-5-15-10-7-14-6-9(12)11(8)10/h5-7,13,15H,4H2,1H3. The largest absolute Gasteiger partial charge is 0.359 e. The SMILES string of the molecule is CNCC#Cc1c[nH]c2cncc(Br)c12. The fourth-order valence-corrected chi connectivity index (χ4v) is 1.91. The van der Waals surface area contributed by atoms with E-state index in [9.17, 15) is 0 Å². The Morgan fingerprint density at radius 2 is 2.40 bits per heavy atom. The lowest BCUT2D eigenvalue weighted by Gasteiger charge is -1.93. The third kappa shape index (κ3) is 2.04. The Labute approximate surface area is 96.4 Å². The van der Waals surface area contributed by atoms with Gasteiger partial charge in [0.05, 0.1) is 23.8 Å². The third-order valence-corrected chi connectivity index (χ3v) is 2.63. The van der Waals surface area contributed by atoms with Gasteiger partial charge >= 0.3 is 0 Å². The smallest absolute Gasteiger partial charge is 0.0664 e. The zero-order valence-electron chi connectivity index (χ0n) is 8.26. The van der Waals surface area contributed by atoms with E-state index in [0.29, 0.717) is 6.54 Å². The first-order valence-electron chi connectivity index (χ1n) is 4.57. The first-order valence-corrected chi connectivity index (χ1v) is 5.36. The molecule has 0 unspecified atom stereocenters. The zero-order chi connectivity index (χ0) is 10.7. The quantitative estimate of drug-likeness (QED) is 0.772. The van der Waals surface area contributed by atoms with Crippen LogP contribution in [0.5, 0.6) is 0 Å². The second-order valence-corrected chi connectivity index (χ2v) is 3.93. The molecule has 2 heterocycles. The third-order valence-electron chi connectivity index (χ3n) is 2.03. The van der Waals surface area contributed by atoms with Gasteiger partial charge in [-0.15, -0.1) is 0 Å². The van der Waals surface area contributed by atoms with Crippen molar-refractivity contribution < 1.29 is 0 Å². The molecule has 2 aromatic heterocycles. The lowest BCUT2D eigenvalue weighted by molar-refractivity contribution is 0.938. The van der Waals surface area contributed by atoms with Crippen LogP contribution < -0.4 is 5.32 Å². The Hall–Kier alpha value is -1.31. The lowest BCUT2D eigenvalue weighted by atomic mass is 10.2. The number of hydrogen-bond donors (Lipinski definition) is 2. The van der Waals surface area contributed by atoms with E-state index in [1.165, 1.54) is 0 Å². The summed E-state index contributed by atoms with van der Waals surface area (Å²) in [6.45, 7) is 0.690. The molecule has 4 heteroatoms. The molecule has 0 atom stereocenters. The van der Waals surface area contributed by atoms with Gasteiger partial charge in [-0.3, -0.25) is 4.98 Å². The minimum Gasteiger partial charge on any atom is -0.359 e. The predicted molar refractivity (Wildman–Crippen MR) is 64.6 cm³/mol. The van der Waals surface area contributed by atoms with Gasteiger partial charge in [0.2, 0.25) is 0 Å². The molecule has 0 aliphatic carbocycles. The van der Waals surface area contributed by atoms with Gasteiger partial charge in [0.1, 0.15) is 0 Å². The molecule has 0 aliphatic rings. The fraction of sp³-hybridized carbons (Fsp3) is 0.182. The molecule has 15 heavy (non-hydrogen) atoms. The summed E-state index contributed by atoms with van der Waals surface area (Å²) in [5.74, 6) is 6.14. The normalized spacial score (nSPS) is 10.0. The summed E-state index contributed by atoms with van der Waals surface area (Å²) in [5, 5.41) is 4.08. The highest BCUT2D eigenvalue weighted by Gasteiger charge is 2.04. The van der Waals surface area contributed by atoms with Crippen LogP contribution in [0.15, 0.2) is 23.1 Å². The van der Waals surface area contributed by atoms with Crippen molar-refractivity contribution in [3.63, 3.8) is 0 Å². The summed E-state index contributed by atoms with van der Waals surface area (Å²) in [4.78, 5) is 7.22. The molecule has 0 spiro atoms. The molecule has 0 aromatic carbocycles. The number of halogens is 1. The van der Waals surface area contributed by atoms with Crippen molar-refractivity contribution in [3.05, 3.63) is 28.6 Å². The number of aromatic nitrogens is 2. The van der Waals surface area contributed by atoms with Gasteiger partial charge in [-0.25, -0.2) is 0 Å². The minimum absolute atomic E-state index is 0.690. The van der Waals surface area contributed by atoms with E-state index in [2.05, 4.69) is 43.1 Å². The summed E-state index contributed by atoms with van der Waals surface area (Å²) >= 11 is 3.47. The maximum Gasteiger partial charge on any atom is 0.0664 e. The van der Waals surface area contributed by atoms with Crippen molar-refractivity contribution in [2.75, 3.05) is 13.6 Å². The Bertz CT molecular complexity index is 533. The van der Waals surface area contributed by atoms with Gasteiger partial charge in [-0.1, -0.05) is 11.8 Å². The average Bonchev–Trinajstić information content (AvgIpc) is 2.63. The Morgan fingerprint density at radius 1 is 1.53 bits per heavy atom. The molecular weight excluding hydrogens is 254 g/mol. The molecule has 76 valence electrons. The first kappa shape index (κ1) is 10.2. The van der Waals surface area contributed by atoms with Crippen LogP contribution in [0.1, 0.15) is 5.56 Å². The van der Waals surface area contributed by atoms with E-state index in [1.54, 1.807) is 12.4 Å². The lowest BCUT2D eigenvalue weighted by Crippen LogP contribution is -2.04. The van der Waals surface area contributed by atoms with Crippen molar-refractivity contribution >= 4 is 26.8 Å². The number of fused-ring (bicyclic) bond motifs is 1. The maximum absolute atomic E-state index is 4.08. The molecule has 0 saturated heterocycles. The van der Waals surface area contributed by atoms with Crippen LogP contribution in [0, 0.1) is 11.8 Å². The second-order valence-electron chi connectivity index (χ2n) is 3.08. The highest BCUT2D eigenvalue weighted by Crippen LogP contribution is 2.24.